The monoisotopic (exact) mass is 398 g/mol. The van der Waals surface area contributed by atoms with Gasteiger partial charge in [-0.25, -0.2) is 31.3 Å². The van der Waals surface area contributed by atoms with Gasteiger partial charge in [0.2, 0.25) is 20.0 Å². The summed E-state index contributed by atoms with van der Waals surface area (Å²) in [5, 5.41) is 0. The highest BCUT2D eigenvalue weighted by Crippen LogP contribution is 2.22. The second kappa shape index (κ2) is 7.47. The molecule has 1 heterocycles. The Morgan fingerprint density at radius 3 is 2.23 bits per heavy atom. The second-order valence-corrected chi connectivity index (χ2v) is 9.77. The highest BCUT2D eigenvalue weighted by atomic mass is 32.2. The van der Waals surface area contributed by atoms with Crippen LogP contribution in [0.1, 0.15) is 25.1 Å². The van der Waals surface area contributed by atoms with Crippen LogP contribution in [0.4, 0.5) is 0 Å². The normalized spacial score (nSPS) is 15.3. The lowest BCUT2D eigenvalue weighted by molar-refractivity contribution is 0.566. The molecule has 1 aromatic carbocycles. The van der Waals surface area contributed by atoms with E-state index in [2.05, 4.69) is 14.4 Å². The van der Waals surface area contributed by atoms with E-state index in [0.717, 1.165) is 18.7 Å². The number of hydrogen-bond donors (Lipinski definition) is 2. The largest absolute Gasteiger partial charge is 0.335 e. The minimum Gasteiger partial charge on any atom is -0.335 e. The van der Waals surface area contributed by atoms with Gasteiger partial charge in [-0.05, 0) is 50.5 Å². The topological polar surface area (TPSA) is 110 Å². The fraction of sp³-hybridized carbons (Fsp3) is 0.438. The molecule has 1 aliphatic carbocycles. The molecule has 0 unspecified atom stereocenters. The van der Waals surface area contributed by atoms with Crippen LogP contribution in [0.25, 0.3) is 0 Å². The molecule has 2 N–H and O–H groups in total. The molecule has 0 radical (unpaired) electrons. The number of imidazole rings is 1. The maximum absolute atomic E-state index is 12.3. The number of nitrogens with one attached hydrogen (secondary N) is 2. The SMILES string of the molecule is Cc1nccn1CCCNS(=O)(=O)c1ccc(S(=O)(=O)NC2CC2)cc1. The van der Waals surface area contributed by atoms with Crippen molar-refractivity contribution in [2.24, 2.45) is 0 Å². The van der Waals surface area contributed by atoms with E-state index in [4.69, 9.17) is 0 Å². The van der Waals surface area contributed by atoms with E-state index in [9.17, 15) is 16.8 Å². The first-order valence-electron chi connectivity index (χ1n) is 8.38. The van der Waals surface area contributed by atoms with Crippen molar-refractivity contribution >= 4 is 20.0 Å². The Morgan fingerprint density at radius 2 is 1.69 bits per heavy atom. The molecule has 8 nitrogen and oxygen atoms in total. The van der Waals surface area contributed by atoms with Crippen LogP contribution in [-0.4, -0.2) is 39.0 Å². The molecule has 3 rings (SSSR count). The maximum atomic E-state index is 12.3. The standard InChI is InChI=1S/C16H22N4O4S2/c1-13-17-10-12-20(13)11-2-9-18-25(21,22)15-5-7-16(8-6-15)26(23,24)19-14-3-4-14/h5-8,10,12,14,18-19H,2-4,9,11H2,1H3. The van der Waals surface area contributed by atoms with E-state index in [0.29, 0.717) is 13.0 Å². The summed E-state index contributed by atoms with van der Waals surface area (Å²) in [5.41, 5.74) is 0. The van der Waals surface area contributed by atoms with Gasteiger partial charge in [-0.3, -0.25) is 0 Å². The van der Waals surface area contributed by atoms with Crippen molar-refractivity contribution in [3.05, 3.63) is 42.5 Å². The average Bonchev–Trinajstić information content (AvgIpc) is 3.30. The fourth-order valence-corrected chi connectivity index (χ4v) is 4.85. The minimum atomic E-state index is -3.67. The zero-order valence-corrected chi connectivity index (χ0v) is 16.1. The number of aryl methyl sites for hydroxylation is 2. The number of rotatable bonds is 9. The predicted octanol–water partition coefficient (Wildman–Crippen LogP) is 1.00. The van der Waals surface area contributed by atoms with Gasteiger partial charge < -0.3 is 4.57 Å². The Balaban J connectivity index is 1.57. The summed E-state index contributed by atoms with van der Waals surface area (Å²) >= 11 is 0. The van der Waals surface area contributed by atoms with Crippen LogP contribution >= 0.6 is 0 Å². The fourth-order valence-electron chi connectivity index (χ4n) is 2.47. The van der Waals surface area contributed by atoms with E-state index in [1.807, 2.05) is 17.7 Å². The third kappa shape index (κ3) is 4.70. The first-order chi connectivity index (χ1) is 12.3. The van der Waals surface area contributed by atoms with Crippen molar-refractivity contribution < 1.29 is 16.8 Å². The van der Waals surface area contributed by atoms with Gasteiger partial charge in [0, 0.05) is 31.5 Å². The molecular weight excluding hydrogens is 376 g/mol. The summed E-state index contributed by atoms with van der Waals surface area (Å²) in [4.78, 5) is 4.22. The first-order valence-corrected chi connectivity index (χ1v) is 11.3. The third-order valence-corrected chi connectivity index (χ3v) is 7.15. The maximum Gasteiger partial charge on any atom is 0.240 e. The van der Waals surface area contributed by atoms with E-state index in [-0.39, 0.29) is 22.4 Å². The molecule has 0 amide bonds. The van der Waals surface area contributed by atoms with Crippen LogP contribution in [0.2, 0.25) is 0 Å². The van der Waals surface area contributed by atoms with Crippen LogP contribution in [-0.2, 0) is 26.6 Å². The highest BCUT2D eigenvalue weighted by molar-refractivity contribution is 7.90. The van der Waals surface area contributed by atoms with Crippen LogP contribution < -0.4 is 9.44 Å². The molecule has 0 bridgehead atoms. The van der Waals surface area contributed by atoms with E-state index in [1.165, 1.54) is 24.3 Å². The van der Waals surface area contributed by atoms with E-state index < -0.39 is 20.0 Å². The second-order valence-electron chi connectivity index (χ2n) is 6.29. The van der Waals surface area contributed by atoms with Gasteiger partial charge in [-0.1, -0.05) is 0 Å². The zero-order chi connectivity index (χ0) is 18.8. The van der Waals surface area contributed by atoms with Crippen molar-refractivity contribution in [3.63, 3.8) is 0 Å². The number of aromatic nitrogens is 2. The molecule has 0 aliphatic heterocycles. The van der Waals surface area contributed by atoms with Crippen LogP contribution in [0, 0.1) is 6.92 Å². The summed E-state index contributed by atoms with van der Waals surface area (Å²) in [6, 6.07) is 5.25. The molecule has 0 saturated heterocycles. The Bertz CT molecular complexity index is 962. The summed E-state index contributed by atoms with van der Waals surface area (Å²) < 4.78 is 55.9. The summed E-state index contributed by atoms with van der Waals surface area (Å²) in [7, 11) is -7.26. The van der Waals surface area contributed by atoms with Gasteiger partial charge in [0.1, 0.15) is 5.82 Å². The average molecular weight is 399 g/mol. The molecule has 26 heavy (non-hydrogen) atoms. The van der Waals surface area contributed by atoms with Crippen LogP contribution in [0.3, 0.4) is 0 Å². The summed E-state index contributed by atoms with van der Waals surface area (Å²) in [5.74, 6) is 0.879. The van der Waals surface area contributed by atoms with Crippen LogP contribution in [0.5, 0.6) is 0 Å². The highest BCUT2D eigenvalue weighted by Gasteiger charge is 2.28. The van der Waals surface area contributed by atoms with Crippen molar-refractivity contribution in [1.82, 2.24) is 19.0 Å². The summed E-state index contributed by atoms with van der Waals surface area (Å²) in [6.07, 6.45) is 5.85. The van der Waals surface area contributed by atoms with Gasteiger partial charge in [0.25, 0.3) is 0 Å². The molecule has 142 valence electrons. The van der Waals surface area contributed by atoms with E-state index in [1.54, 1.807) is 6.20 Å². The molecule has 10 heteroatoms. The lowest BCUT2D eigenvalue weighted by Crippen LogP contribution is -2.27. The van der Waals surface area contributed by atoms with E-state index >= 15 is 0 Å². The molecule has 0 spiro atoms. The Hall–Kier alpha value is -1.75. The first kappa shape index (κ1) is 19.0. The van der Waals surface area contributed by atoms with Gasteiger partial charge in [-0.2, -0.15) is 0 Å². The van der Waals surface area contributed by atoms with Crippen molar-refractivity contribution in [2.75, 3.05) is 6.54 Å². The zero-order valence-electron chi connectivity index (χ0n) is 14.4. The van der Waals surface area contributed by atoms with Gasteiger partial charge in [-0.15, -0.1) is 0 Å². The Kier molecular flexibility index (Phi) is 5.47. The molecule has 0 atom stereocenters. The van der Waals surface area contributed by atoms with Crippen molar-refractivity contribution in [1.29, 1.82) is 0 Å². The number of nitrogens with zero attached hydrogens (tertiary/aromatic N) is 2. The number of hydrogen-bond acceptors (Lipinski definition) is 5. The molecule has 1 aromatic heterocycles. The Morgan fingerprint density at radius 1 is 1.08 bits per heavy atom. The lowest BCUT2D eigenvalue weighted by Gasteiger charge is -2.09. The van der Waals surface area contributed by atoms with Gasteiger partial charge >= 0.3 is 0 Å². The van der Waals surface area contributed by atoms with Crippen molar-refractivity contribution in [3.8, 4) is 0 Å². The van der Waals surface area contributed by atoms with Gasteiger partial charge in [0.05, 0.1) is 9.79 Å². The molecule has 1 aliphatic rings. The molecule has 1 fully saturated rings. The van der Waals surface area contributed by atoms with Crippen molar-refractivity contribution in [2.45, 2.75) is 48.6 Å². The molecule has 2 aromatic rings. The lowest BCUT2D eigenvalue weighted by atomic mass is 10.4. The third-order valence-electron chi connectivity index (χ3n) is 4.14. The quantitative estimate of drug-likeness (QED) is 0.613. The predicted molar refractivity (Wildman–Crippen MR) is 96.6 cm³/mol. The molecule has 1 saturated carbocycles. The smallest absolute Gasteiger partial charge is 0.240 e. The number of sulfonamides is 2. The Labute approximate surface area is 153 Å². The van der Waals surface area contributed by atoms with Gasteiger partial charge in [0.15, 0.2) is 0 Å². The summed E-state index contributed by atoms with van der Waals surface area (Å²) in [6.45, 7) is 2.83. The molecular formula is C16H22N4O4S2. The number of benzene rings is 1. The van der Waals surface area contributed by atoms with Crippen LogP contribution in [0.15, 0.2) is 46.5 Å². The minimum absolute atomic E-state index is 0.00390.